The molecule has 0 amide bonds. The van der Waals surface area contributed by atoms with E-state index in [9.17, 15) is 8.78 Å². The average molecular weight is 215 g/mol. The Kier molecular flexibility index (Phi) is 4.17. The molecule has 1 aromatic rings. The van der Waals surface area contributed by atoms with E-state index < -0.39 is 18.5 Å². The molecule has 0 heterocycles. The Morgan fingerprint density at radius 1 is 1.47 bits per heavy atom. The lowest BCUT2D eigenvalue weighted by molar-refractivity contribution is 0.276. The predicted octanol–water partition coefficient (Wildman–Crippen LogP) is 1.99. The van der Waals surface area contributed by atoms with Gasteiger partial charge in [0.25, 0.3) is 0 Å². The summed E-state index contributed by atoms with van der Waals surface area (Å²) in [6.45, 7) is 0.785. The maximum Gasteiger partial charge on any atom is 0.129 e. The molecule has 2 nitrogen and oxygen atoms in total. The maximum atomic E-state index is 13.4. The highest BCUT2D eigenvalue weighted by Gasteiger charge is 2.12. The number of alkyl halides is 1. The smallest absolute Gasteiger partial charge is 0.129 e. The van der Waals surface area contributed by atoms with Crippen molar-refractivity contribution < 1.29 is 13.9 Å². The third kappa shape index (κ3) is 2.73. The van der Waals surface area contributed by atoms with E-state index in [-0.39, 0.29) is 12.2 Å². The van der Waals surface area contributed by atoms with Gasteiger partial charge in [0, 0.05) is 18.2 Å². The van der Waals surface area contributed by atoms with Gasteiger partial charge in [-0.1, -0.05) is 6.07 Å². The largest absolute Gasteiger partial charge is 0.396 e. The van der Waals surface area contributed by atoms with Gasteiger partial charge < -0.3 is 10.8 Å². The van der Waals surface area contributed by atoms with Crippen molar-refractivity contribution in [3.63, 3.8) is 0 Å². The van der Waals surface area contributed by atoms with Crippen LogP contribution in [0.5, 0.6) is 0 Å². The van der Waals surface area contributed by atoms with Gasteiger partial charge in [-0.3, -0.25) is 0 Å². The highest BCUT2D eigenvalue weighted by Crippen LogP contribution is 2.21. The summed E-state index contributed by atoms with van der Waals surface area (Å²) in [7, 11) is 0. The minimum absolute atomic E-state index is 0.0489. The number of hydrogen-bond acceptors (Lipinski definition) is 2. The number of halogens is 2. The zero-order chi connectivity index (χ0) is 11.4. The zero-order valence-corrected chi connectivity index (χ0v) is 8.63. The van der Waals surface area contributed by atoms with Crippen LogP contribution in [0.25, 0.3) is 0 Å². The van der Waals surface area contributed by atoms with Gasteiger partial charge in [0.05, 0.1) is 0 Å². The van der Waals surface area contributed by atoms with Gasteiger partial charge in [-0.15, -0.1) is 0 Å². The fraction of sp³-hybridized carbons (Fsp3) is 0.455. The van der Waals surface area contributed by atoms with Crippen LogP contribution in [0.15, 0.2) is 12.1 Å². The molecule has 0 spiro atoms. The molecule has 1 rings (SSSR count). The van der Waals surface area contributed by atoms with Gasteiger partial charge in [-0.05, 0) is 30.5 Å². The van der Waals surface area contributed by atoms with E-state index in [2.05, 4.69) is 0 Å². The van der Waals surface area contributed by atoms with Gasteiger partial charge in [0.2, 0.25) is 0 Å². The Labute approximate surface area is 87.7 Å². The number of nitrogens with two attached hydrogens (primary N) is 1. The number of aliphatic hydroxyl groups excluding tert-OH is 1. The Hall–Kier alpha value is -1.00. The van der Waals surface area contributed by atoms with Crippen LogP contribution in [0.3, 0.4) is 0 Å². The molecule has 0 aliphatic carbocycles. The summed E-state index contributed by atoms with van der Waals surface area (Å²) < 4.78 is 25.8. The van der Waals surface area contributed by atoms with Gasteiger partial charge in [0.1, 0.15) is 12.5 Å². The van der Waals surface area contributed by atoms with Crippen LogP contribution >= 0.6 is 0 Å². The minimum Gasteiger partial charge on any atom is -0.396 e. The van der Waals surface area contributed by atoms with Crippen molar-refractivity contribution in [2.75, 3.05) is 6.61 Å². The van der Waals surface area contributed by atoms with E-state index in [1.807, 2.05) is 0 Å². The lowest BCUT2D eigenvalue weighted by Crippen LogP contribution is -2.13. The van der Waals surface area contributed by atoms with Gasteiger partial charge in [-0.25, -0.2) is 8.78 Å². The molecule has 1 aromatic carbocycles. The molecule has 0 fully saturated rings. The van der Waals surface area contributed by atoms with E-state index in [1.54, 1.807) is 13.0 Å². The third-order valence-corrected chi connectivity index (χ3v) is 2.44. The van der Waals surface area contributed by atoms with E-state index >= 15 is 0 Å². The number of rotatable bonds is 4. The molecule has 15 heavy (non-hydrogen) atoms. The van der Waals surface area contributed by atoms with Crippen LogP contribution in [0.1, 0.15) is 29.2 Å². The summed E-state index contributed by atoms with van der Waals surface area (Å²) >= 11 is 0. The standard InChI is InChI=1S/C11H15F2NO/c1-7-4-8(11(14)2-3-15)5-10(13)9(7)6-12/h4-5,11,15H,2-3,6,14H2,1H3. The summed E-state index contributed by atoms with van der Waals surface area (Å²) in [4.78, 5) is 0. The zero-order valence-electron chi connectivity index (χ0n) is 8.63. The van der Waals surface area contributed by atoms with Crippen molar-refractivity contribution in [3.05, 3.63) is 34.6 Å². The van der Waals surface area contributed by atoms with Crippen LogP contribution in [-0.2, 0) is 6.67 Å². The molecule has 1 atom stereocenters. The first kappa shape index (κ1) is 12.1. The van der Waals surface area contributed by atoms with Crippen molar-refractivity contribution in [1.82, 2.24) is 0 Å². The molecule has 0 saturated carbocycles. The maximum absolute atomic E-state index is 13.4. The molecule has 4 heteroatoms. The third-order valence-electron chi connectivity index (χ3n) is 2.44. The van der Waals surface area contributed by atoms with Crippen molar-refractivity contribution in [1.29, 1.82) is 0 Å². The second-order valence-electron chi connectivity index (χ2n) is 3.55. The lowest BCUT2D eigenvalue weighted by atomic mass is 9.99. The molecule has 84 valence electrons. The molecule has 3 N–H and O–H groups in total. The Morgan fingerprint density at radius 2 is 2.13 bits per heavy atom. The first-order chi connectivity index (χ1) is 7.10. The van der Waals surface area contributed by atoms with E-state index in [0.29, 0.717) is 17.5 Å². The molecule has 0 radical (unpaired) electrons. The Morgan fingerprint density at radius 3 is 2.60 bits per heavy atom. The first-order valence-corrected chi connectivity index (χ1v) is 4.81. The quantitative estimate of drug-likeness (QED) is 0.806. The Bertz CT molecular complexity index is 318. The number of aryl methyl sites for hydroxylation is 1. The molecule has 0 saturated heterocycles. The summed E-state index contributed by atoms with van der Waals surface area (Å²) in [6, 6.07) is 2.50. The molecular weight excluding hydrogens is 200 g/mol. The van der Waals surface area contributed by atoms with Crippen molar-refractivity contribution in [2.24, 2.45) is 5.73 Å². The second kappa shape index (κ2) is 5.19. The Balaban J connectivity index is 3.02. The van der Waals surface area contributed by atoms with Gasteiger partial charge in [-0.2, -0.15) is 0 Å². The summed E-state index contributed by atoms with van der Waals surface area (Å²) in [5, 5.41) is 8.70. The molecule has 0 aromatic heterocycles. The van der Waals surface area contributed by atoms with Crippen LogP contribution in [0.2, 0.25) is 0 Å². The molecule has 0 aliphatic heterocycles. The average Bonchev–Trinajstić information content (AvgIpc) is 2.17. The monoisotopic (exact) mass is 215 g/mol. The van der Waals surface area contributed by atoms with Crippen LogP contribution in [0.4, 0.5) is 8.78 Å². The van der Waals surface area contributed by atoms with Crippen LogP contribution in [0, 0.1) is 12.7 Å². The summed E-state index contributed by atoms with van der Waals surface area (Å²) in [5.41, 5.74) is 6.94. The van der Waals surface area contributed by atoms with Gasteiger partial charge >= 0.3 is 0 Å². The fourth-order valence-electron chi connectivity index (χ4n) is 1.49. The molecule has 1 unspecified atom stereocenters. The highest BCUT2D eigenvalue weighted by molar-refractivity contribution is 5.33. The SMILES string of the molecule is Cc1cc(C(N)CCO)cc(F)c1CF. The lowest BCUT2D eigenvalue weighted by Gasteiger charge is -2.13. The first-order valence-electron chi connectivity index (χ1n) is 4.81. The number of aliphatic hydroxyl groups is 1. The summed E-state index contributed by atoms with van der Waals surface area (Å²) in [5.74, 6) is -0.569. The van der Waals surface area contributed by atoms with Crippen LogP contribution < -0.4 is 5.73 Å². The predicted molar refractivity (Wildman–Crippen MR) is 54.6 cm³/mol. The number of benzene rings is 1. The topological polar surface area (TPSA) is 46.2 Å². The van der Waals surface area contributed by atoms with Crippen molar-refractivity contribution in [3.8, 4) is 0 Å². The second-order valence-corrected chi connectivity index (χ2v) is 3.55. The van der Waals surface area contributed by atoms with Crippen molar-refractivity contribution >= 4 is 0 Å². The molecule has 0 bridgehead atoms. The van der Waals surface area contributed by atoms with E-state index in [0.717, 1.165) is 0 Å². The normalized spacial score (nSPS) is 12.9. The fourth-order valence-corrected chi connectivity index (χ4v) is 1.49. The van der Waals surface area contributed by atoms with Crippen molar-refractivity contribution in [2.45, 2.75) is 26.1 Å². The highest BCUT2D eigenvalue weighted by atomic mass is 19.1. The van der Waals surface area contributed by atoms with E-state index in [1.165, 1.54) is 6.07 Å². The number of hydrogen-bond donors (Lipinski definition) is 2. The van der Waals surface area contributed by atoms with Gasteiger partial charge in [0.15, 0.2) is 0 Å². The van der Waals surface area contributed by atoms with E-state index in [4.69, 9.17) is 10.8 Å². The molecular formula is C11H15F2NO. The van der Waals surface area contributed by atoms with Crippen LogP contribution in [-0.4, -0.2) is 11.7 Å². The minimum atomic E-state index is -0.812. The molecule has 0 aliphatic rings. The summed E-state index contributed by atoms with van der Waals surface area (Å²) in [6.07, 6.45) is 0.369.